The summed E-state index contributed by atoms with van der Waals surface area (Å²) >= 11 is 1.02. The standard InChI is InChI=1S/C12H14N2O4S/c1-7-5-9(19-11(7)12(17)18)13-8(15)6-14-4-2-3-10(14)16/h5H,2-4,6H2,1H3,(H,13,15)(H,17,18). The Kier molecular flexibility index (Phi) is 3.84. The van der Waals surface area contributed by atoms with Gasteiger partial charge in [0.05, 0.1) is 11.5 Å². The number of amides is 2. The minimum Gasteiger partial charge on any atom is -0.477 e. The number of aromatic carboxylic acids is 1. The number of carbonyl (C=O) groups excluding carboxylic acids is 2. The lowest BCUT2D eigenvalue weighted by atomic mass is 10.3. The average Bonchev–Trinajstić information content (AvgIpc) is 2.86. The van der Waals surface area contributed by atoms with E-state index in [1.165, 1.54) is 4.90 Å². The Hall–Kier alpha value is -1.89. The van der Waals surface area contributed by atoms with Gasteiger partial charge in [-0.25, -0.2) is 4.79 Å². The largest absolute Gasteiger partial charge is 0.477 e. The summed E-state index contributed by atoms with van der Waals surface area (Å²) in [6.07, 6.45) is 1.28. The van der Waals surface area contributed by atoms with E-state index in [2.05, 4.69) is 5.32 Å². The van der Waals surface area contributed by atoms with Crippen molar-refractivity contribution in [3.05, 3.63) is 16.5 Å². The Morgan fingerprint density at radius 2 is 2.26 bits per heavy atom. The summed E-state index contributed by atoms with van der Waals surface area (Å²) in [5.74, 6) is -1.31. The molecule has 1 saturated heterocycles. The zero-order chi connectivity index (χ0) is 14.0. The molecule has 102 valence electrons. The molecule has 19 heavy (non-hydrogen) atoms. The van der Waals surface area contributed by atoms with Gasteiger partial charge in [-0.05, 0) is 25.0 Å². The van der Waals surface area contributed by atoms with E-state index in [1.54, 1.807) is 13.0 Å². The first-order valence-electron chi connectivity index (χ1n) is 5.88. The van der Waals surface area contributed by atoms with Gasteiger partial charge in [-0.2, -0.15) is 0 Å². The second-order valence-electron chi connectivity index (χ2n) is 4.39. The van der Waals surface area contributed by atoms with Crippen LogP contribution < -0.4 is 5.32 Å². The normalized spacial score (nSPS) is 14.8. The number of anilines is 1. The van der Waals surface area contributed by atoms with Crippen LogP contribution in [-0.2, 0) is 9.59 Å². The van der Waals surface area contributed by atoms with Crippen molar-refractivity contribution >= 4 is 34.1 Å². The highest BCUT2D eigenvalue weighted by Crippen LogP contribution is 2.26. The molecular weight excluding hydrogens is 268 g/mol. The van der Waals surface area contributed by atoms with Crippen LogP contribution in [0.3, 0.4) is 0 Å². The number of aryl methyl sites for hydroxylation is 1. The molecule has 1 aliphatic rings. The minimum atomic E-state index is -1.00. The van der Waals surface area contributed by atoms with E-state index in [0.29, 0.717) is 23.5 Å². The van der Waals surface area contributed by atoms with Crippen LogP contribution in [0.2, 0.25) is 0 Å². The van der Waals surface area contributed by atoms with Crippen LogP contribution in [0.5, 0.6) is 0 Å². The lowest BCUT2D eigenvalue weighted by molar-refractivity contribution is -0.131. The molecular formula is C12H14N2O4S. The smallest absolute Gasteiger partial charge is 0.346 e. The Balaban J connectivity index is 1.97. The van der Waals surface area contributed by atoms with Crippen LogP contribution in [0.25, 0.3) is 0 Å². The third-order valence-corrected chi connectivity index (χ3v) is 4.02. The van der Waals surface area contributed by atoms with Gasteiger partial charge in [-0.15, -0.1) is 11.3 Å². The van der Waals surface area contributed by atoms with Crippen molar-refractivity contribution in [3.8, 4) is 0 Å². The zero-order valence-corrected chi connectivity index (χ0v) is 11.2. The van der Waals surface area contributed by atoms with Gasteiger partial charge in [0.15, 0.2) is 0 Å². The highest BCUT2D eigenvalue weighted by molar-refractivity contribution is 7.18. The van der Waals surface area contributed by atoms with E-state index >= 15 is 0 Å². The average molecular weight is 282 g/mol. The number of rotatable bonds is 4. The summed E-state index contributed by atoms with van der Waals surface area (Å²) in [4.78, 5) is 35.7. The van der Waals surface area contributed by atoms with Gasteiger partial charge in [0.1, 0.15) is 4.88 Å². The zero-order valence-electron chi connectivity index (χ0n) is 10.4. The molecule has 2 N–H and O–H groups in total. The van der Waals surface area contributed by atoms with E-state index < -0.39 is 5.97 Å². The number of nitrogens with zero attached hydrogens (tertiary/aromatic N) is 1. The summed E-state index contributed by atoms with van der Waals surface area (Å²) in [6, 6.07) is 1.62. The van der Waals surface area contributed by atoms with Gasteiger partial charge >= 0.3 is 5.97 Å². The number of hydrogen-bond donors (Lipinski definition) is 2. The molecule has 0 aromatic carbocycles. The molecule has 2 rings (SSSR count). The number of carboxylic acid groups (broad SMARTS) is 1. The fourth-order valence-electron chi connectivity index (χ4n) is 1.98. The third kappa shape index (κ3) is 3.11. The van der Waals surface area contributed by atoms with Crippen LogP contribution in [0.15, 0.2) is 6.07 Å². The van der Waals surface area contributed by atoms with E-state index in [1.807, 2.05) is 0 Å². The topological polar surface area (TPSA) is 86.7 Å². The Morgan fingerprint density at radius 1 is 1.53 bits per heavy atom. The molecule has 6 nitrogen and oxygen atoms in total. The van der Waals surface area contributed by atoms with Crippen LogP contribution in [0.4, 0.5) is 5.00 Å². The van der Waals surface area contributed by atoms with Crippen LogP contribution in [-0.4, -0.2) is 40.9 Å². The summed E-state index contributed by atoms with van der Waals surface area (Å²) in [5, 5.41) is 12.0. The van der Waals surface area contributed by atoms with Crippen molar-refractivity contribution in [2.24, 2.45) is 0 Å². The second-order valence-corrected chi connectivity index (χ2v) is 5.45. The van der Waals surface area contributed by atoms with E-state index in [4.69, 9.17) is 5.11 Å². The highest BCUT2D eigenvalue weighted by atomic mass is 32.1. The second kappa shape index (κ2) is 5.40. The van der Waals surface area contributed by atoms with Crippen LogP contribution in [0.1, 0.15) is 28.1 Å². The van der Waals surface area contributed by atoms with Gasteiger partial charge in [-0.3, -0.25) is 9.59 Å². The molecule has 0 bridgehead atoms. The summed E-state index contributed by atoms with van der Waals surface area (Å²) in [5.41, 5.74) is 0.616. The maximum atomic E-state index is 11.8. The van der Waals surface area contributed by atoms with Gasteiger partial charge in [0, 0.05) is 13.0 Å². The van der Waals surface area contributed by atoms with Crippen molar-refractivity contribution in [1.29, 1.82) is 0 Å². The molecule has 0 radical (unpaired) electrons. The van der Waals surface area contributed by atoms with Crippen molar-refractivity contribution < 1.29 is 19.5 Å². The number of nitrogens with one attached hydrogen (secondary N) is 1. The van der Waals surface area contributed by atoms with Crippen molar-refractivity contribution in [1.82, 2.24) is 4.90 Å². The molecule has 0 atom stereocenters. The lowest BCUT2D eigenvalue weighted by Gasteiger charge is -2.14. The number of carbonyl (C=O) groups is 3. The predicted octanol–water partition coefficient (Wildman–Crippen LogP) is 1.32. The molecule has 2 amide bonds. The molecule has 1 aliphatic heterocycles. The van der Waals surface area contributed by atoms with Crippen molar-refractivity contribution in [2.45, 2.75) is 19.8 Å². The van der Waals surface area contributed by atoms with Crippen LogP contribution in [0, 0.1) is 6.92 Å². The third-order valence-electron chi connectivity index (χ3n) is 2.88. The molecule has 0 unspecified atom stereocenters. The molecule has 0 saturated carbocycles. The number of carboxylic acids is 1. The summed E-state index contributed by atoms with van der Waals surface area (Å²) in [7, 11) is 0. The van der Waals surface area contributed by atoms with E-state index in [-0.39, 0.29) is 23.2 Å². The predicted molar refractivity (Wildman–Crippen MR) is 70.5 cm³/mol. The van der Waals surface area contributed by atoms with E-state index in [0.717, 1.165) is 17.8 Å². The lowest BCUT2D eigenvalue weighted by Crippen LogP contribution is -2.33. The van der Waals surface area contributed by atoms with Crippen molar-refractivity contribution in [3.63, 3.8) is 0 Å². The van der Waals surface area contributed by atoms with Gasteiger partial charge < -0.3 is 15.3 Å². The number of thiophene rings is 1. The quantitative estimate of drug-likeness (QED) is 0.872. The molecule has 7 heteroatoms. The minimum absolute atomic E-state index is 0.0104. The van der Waals surface area contributed by atoms with Crippen molar-refractivity contribution in [2.75, 3.05) is 18.4 Å². The van der Waals surface area contributed by atoms with Gasteiger partial charge in [0.25, 0.3) is 0 Å². The highest BCUT2D eigenvalue weighted by Gasteiger charge is 2.22. The SMILES string of the molecule is Cc1cc(NC(=O)CN2CCCC2=O)sc1C(=O)O. The molecule has 1 aromatic rings. The Morgan fingerprint density at radius 3 is 2.79 bits per heavy atom. The number of hydrogen-bond acceptors (Lipinski definition) is 4. The Labute approximate surface area is 114 Å². The fourth-order valence-corrected chi connectivity index (χ4v) is 2.91. The van der Waals surface area contributed by atoms with Gasteiger partial charge in [0.2, 0.25) is 11.8 Å². The molecule has 2 heterocycles. The van der Waals surface area contributed by atoms with E-state index in [9.17, 15) is 14.4 Å². The maximum absolute atomic E-state index is 11.8. The first kappa shape index (κ1) is 13.5. The fraction of sp³-hybridized carbons (Fsp3) is 0.417. The summed E-state index contributed by atoms with van der Waals surface area (Å²) < 4.78 is 0. The van der Waals surface area contributed by atoms with Gasteiger partial charge in [-0.1, -0.05) is 0 Å². The first-order chi connectivity index (χ1) is 8.97. The first-order valence-corrected chi connectivity index (χ1v) is 6.70. The summed E-state index contributed by atoms with van der Waals surface area (Å²) in [6.45, 7) is 2.31. The monoisotopic (exact) mass is 282 g/mol. The maximum Gasteiger partial charge on any atom is 0.346 e. The molecule has 1 aromatic heterocycles. The molecule has 0 spiro atoms. The Bertz CT molecular complexity index is 538. The van der Waals surface area contributed by atoms with Crippen LogP contribution >= 0.6 is 11.3 Å². The number of likely N-dealkylation sites (tertiary alicyclic amines) is 1. The molecule has 0 aliphatic carbocycles. The molecule has 1 fully saturated rings.